The van der Waals surface area contributed by atoms with Crippen molar-refractivity contribution < 1.29 is 24.4 Å². The van der Waals surface area contributed by atoms with Gasteiger partial charge in [0.2, 0.25) is 0 Å². The number of rotatable bonds is 1. The van der Waals surface area contributed by atoms with Gasteiger partial charge in [-0.2, -0.15) is 4.89 Å². The number of hydrogen-bond donors (Lipinski definition) is 2. The summed E-state index contributed by atoms with van der Waals surface area (Å²) in [4.78, 5) is 28.8. The van der Waals surface area contributed by atoms with Gasteiger partial charge in [-0.3, -0.25) is 9.79 Å². The minimum absolute atomic E-state index is 0.152. The van der Waals surface area contributed by atoms with Gasteiger partial charge in [0.1, 0.15) is 11.9 Å². The van der Waals surface area contributed by atoms with Gasteiger partial charge in [0.15, 0.2) is 0 Å². The molecule has 2 aromatic rings. The lowest BCUT2D eigenvalue weighted by Crippen LogP contribution is -2.41. The third kappa shape index (κ3) is 2.64. The Morgan fingerprint density at radius 2 is 2.17 bits per heavy atom. The van der Waals surface area contributed by atoms with Gasteiger partial charge < -0.3 is 14.8 Å². The molecule has 2 saturated heterocycles. The Kier molecular flexibility index (Phi) is 3.95. The molecule has 154 valence electrons. The molecule has 0 amide bonds. The maximum Gasteiger partial charge on any atom is 0.348 e. The highest BCUT2D eigenvalue weighted by Gasteiger charge is 2.53. The Hall–Kier alpha value is -2.09. The smallest absolute Gasteiger partial charge is 0.348 e. The summed E-state index contributed by atoms with van der Waals surface area (Å²) in [6, 6.07) is 6.47. The molecular formula is C22H26N2O5. The molecule has 0 spiro atoms. The van der Waals surface area contributed by atoms with E-state index in [0.29, 0.717) is 12.3 Å². The number of nitrogens with zero attached hydrogens (tertiary/aromatic N) is 1. The van der Waals surface area contributed by atoms with Crippen LogP contribution in [0.5, 0.6) is 5.75 Å². The van der Waals surface area contributed by atoms with Crippen LogP contribution >= 0.6 is 0 Å². The van der Waals surface area contributed by atoms with Crippen LogP contribution < -0.4 is 4.74 Å². The highest BCUT2D eigenvalue weighted by Crippen LogP contribution is 2.48. The summed E-state index contributed by atoms with van der Waals surface area (Å²) in [7, 11) is 1.69. The van der Waals surface area contributed by atoms with Crippen molar-refractivity contribution >= 4 is 16.9 Å². The van der Waals surface area contributed by atoms with Crippen LogP contribution in [-0.2, 0) is 21.0 Å². The number of aromatic nitrogens is 1. The van der Waals surface area contributed by atoms with Crippen LogP contribution in [0.1, 0.15) is 36.6 Å². The third-order valence-corrected chi connectivity index (χ3v) is 7.55. The Bertz CT molecular complexity index is 972. The molecule has 2 N–H and O–H groups in total. The fraction of sp³-hybridized carbons (Fsp3) is 0.591. The van der Waals surface area contributed by atoms with Gasteiger partial charge in [0.25, 0.3) is 0 Å². The SMILES string of the molecule is COc1ccc2c3c([nH]c2c1)C1CC2CC(CC(O)C4OOC(=O)C24)CN1CC3. The minimum atomic E-state index is -0.640. The molecule has 1 saturated carbocycles. The fourth-order valence-corrected chi connectivity index (χ4v) is 6.29. The standard InChI is InChI=1S/C22H26N2O5/c1-27-13-2-3-14-15-4-5-24-10-11-6-12(8-17(24)20(15)23-16(14)9-13)19-21(18(25)7-11)28-29-22(19)26/h2-3,9,11-12,17-19,21,23,25H,4-8,10H2,1H3. The van der Waals surface area contributed by atoms with Crippen molar-refractivity contribution in [3.05, 3.63) is 29.5 Å². The zero-order chi connectivity index (χ0) is 19.7. The number of aliphatic hydroxyl groups is 1. The molecule has 7 heteroatoms. The second-order valence-electron chi connectivity index (χ2n) is 9.08. The molecule has 1 aromatic heterocycles. The monoisotopic (exact) mass is 398 g/mol. The molecule has 7 nitrogen and oxygen atoms in total. The third-order valence-electron chi connectivity index (χ3n) is 7.55. The fourth-order valence-electron chi connectivity index (χ4n) is 6.29. The van der Waals surface area contributed by atoms with Gasteiger partial charge in [-0.25, -0.2) is 4.79 Å². The van der Waals surface area contributed by atoms with Gasteiger partial charge in [-0.05, 0) is 55.2 Å². The molecule has 0 radical (unpaired) electrons. The van der Waals surface area contributed by atoms with Gasteiger partial charge >= 0.3 is 5.97 Å². The lowest BCUT2D eigenvalue weighted by atomic mass is 9.80. The minimum Gasteiger partial charge on any atom is -0.497 e. The molecular weight excluding hydrogens is 372 g/mol. The molecule has 1 aromatic carbocycles. The Morgan fingerprint density at radius 3 is 3.03 bits per heavy atom. The number of hydrogen-bond acceptors (Lipinski definition) is 6. The quantitative estimate of drug-likeness (QED) is 0.718. The number of methoxy groups -OCH3 is 1. The van der Waals surface area contributed by atoms with E-state index in [2.05, 4.69) is 22.0 Å². The Labute approximate surface area is 168 Å². The predicted molar refractivity (Wildman–Crippen MR) is 104 cm³/mol. The first kappa shape index (κ1) is 17.7. The molecule has 2 bridgehead atoms. The van der Waals surface area contributed by atoms with E-state index < -0.39 is 12.2 Å². The van der Waals surface area contributed by atoms with E-state index in [1.807, 2.05) is 6.07 Å². The van der Waals surface area contributed by atoms with Gasteiger partial charge in [0.05, 0.1) is 25.2 Å². The average Bonchev–Trinajstić information content (AvgIpc) is 3.18. The second-order valence-corrected chi connectivity index (χ2v) is 9.08. The number of ether oxygens (including phenoxy) is 1. The van der Waals surface area contributed by atoms with Crippen molar-refractivity contribution in [1.82, 2.24) is 9.88 Å². The van der Waals surface area contributed by atoms with Gasteiger partial charge in [0, 0.05) is 35.8 Å². The van der Waals surface area contributed by atoms with Crippen molar-refractivity contribution in [2.45, 2.75) is 43.9 Å². The molecule has 4 heterocycles. The van der Waals surface area contributed by atoms with Crippen molar-refractivity contribution in [2.24, 2.45) is 17.8 Å². The lowest BCUT2D eigenvalue weighted by Gasteiger charge is -2.37. The van der Waals surface area contributed by atoms with E-state index in [9.17, 15) is 9.90 Å². The molecule has 4 aliphatic rings. The van der Waals surface area contributed by atoms with E-state index >= 15 is 0 Å². The summed E-state index contributed by atoms with van der Waals surface area (Å²) in [6.07, 6.45) is 2.31. The van der Waals surface area contributed by atoms with Crippen LogP contribution in [0.15, 0.2) is 18.2 Å². The molecule has 6 atom stereocenters. The van der Waals surface area contributed by atoms with Crippen molar-refractivity contribution in [3.63, 3.8) is 0 Å². The second kappa shape index (κ2) is 6.45. The van der Waals surface area contributed by atoms with Crippen molar-refractivity contribution in [3.8, 4) is 5.75 Å². The summed E-state index contributed by atoms with van der Waals surface area (Å²) < 4.78 is 5.40. The van der Waals surface area contributed by atoms with E-state index in [0.717, 1.165) is 43.6 Å². The zero-order valence-electron chi connectivity index (χ0n) is 16.5. The van der Waals surface area contributed by atoms with Crippen molar-refractivity contribution in [1.29, 1.82) is 0 Å². The summed E-state index contributed by atoms with van der Waals surface area (Å²) in [5.41, 5.74) is 3.77. The first-order valence-electron chi connectivity index (χ1n) is 10.6. The molecule has 29 heavy (non-hydrogen) atoms. The Balaban J connectivity index is 1.41. The van der Waals surface area contributed by atoms with Gasteiger partial charge in [-0.15, -0.1) is 0 Å². The predicted octanol–water partition coefficient (Wildman–Crippen LogP) is 2.34. The van der Waals surface area contributed by atoms with Gasteiger partial charge in [-0.1, -0.05) is 0 Å². The number of carbonyl (C=O) groups is 1. The summed E-state index contributed by atoms with van der Waals surface area (Å²) in [5, 5.41) is 11.9. The molecule has 3 aliphatic heterocycles. The number of aromatic amines is 1. The first-order chi connectivity index (χ1) is 14.1. The van der Waals surface area contributed by atoms with E-state index in [4.69, 9.17) is 14.5 Å². The highest BCUT2D eigenvalue weighted by atomic mass is 17.2. The average molecular weight is 398 g/mol. The number of H-pyrrole nitrogens is 1. The molecule has 6 rings (SSSR count). The van der Waals surface area contributed by atoms with Crippen LogP contribution in [0.2, 0.25) is 0 Å². The Morgan fingerprint density at radius 1 is 1.28 bits per heavy atom. The normalized spacial score (nSPS) is 36.6. The number of aliphatic hydroxyl groups excluding tert-OH is 1. The van der Waals surface area contributed by atoms with Crippen molar-refractivity contribution in [2.75, 3.05) is 20.2 Å². The number of carbonyl (C=O) groups excluding carboxylic acids is 1. The number of benzene rings is 1. The summed E-state index contributed by atoms with van der Waals surface area (Å²) >= 11 is 0. The van der Waals surface area contributed by atoms with Crippen LogP contribution in [0.3, 0.4) is 0 Å². The number of fused-ring (bicyclic) bond motifs is 9. The van der Waals surface area contributed by atoms with E-state index in [1.165, 1.54) is 16.6 Å². The maximum atomic E-state index is 12.4. The topological polar surface area (TPSA) is 84.0 Å². The van der Waals surface area contributed by atoms with E-state index in [-0.39, 0.29) is 23.8 Å². The maximum absolute atomic E-state index is 12.4. The molecule has 3 fully saturated rings. The summed E-state index contributed by atoms with van der Waals surface area (Å²) in [6.45, 7) is 1.95. The summed E-state index contributed by atoms with van der Waals surface area (Å²) in [5.74, 6) is 0.686. The van der Waals surface area contributed by atoms with Crippen LogP contribution in [-0.4, -0.2) is 53.4 Å². The van der Waals surface area contributed by atoms with Crippen LogP contribution in [0.25, 0.3) is 10.9 Å². The zero-order valence-corrected chi connectivity index (χ0v) is 16.5. The van der Waals surface area contributed by atoms with E-state index in [1.54, 1.807) is 7.11 Å². The van der Waals surface area contributed by atoms with Crippen LogP contribution in [0.4, 0.5) is 0 Å². The number of nitrogens with one attached hydrogen (secondary N) is 1. The lowest BCUT2D eigenvalue weighted by molar-refractivity contribution is -0.276. The highest BCUT2D eigenvalue weighted by molar-refractivity contribution is 5.86. The first-order valence-corrected chi connectivity index (χ1v) is 10.6. The van der Waals surface area contributed by atoms with Crippen LogP contribution in [0, 0.1) is 17.8 Å². The molecule has 6 unspecified atom stereocenters. The molecule has 1 aliphatic carbocycles. The largest absolute Gasteiger partial charge is 0.497 e.